The third kappa shape index (κ3) is 4.87. The fourth-order valence-electron chi connectivity index (χ4n) is 3.76. The number of aromatic amines is 1. The highest BCUT2D eigenvalue weighted by Gasteiger charge is 2.15. The van der Waals surface area contributed by atoms with Gasteiger partial charge < -0.3 is 5.11 Å². The molecule has 0 amide bonds. The molecule has 0 atom stereocenters. The van der Waals surface area contributed by atoms with Crippen molar-refractivity contribution >= 4 is 5.97 Å². The lowest BCUT2D eigenvalue weighted by molar-refractivity contribution is 0.0693. The van der Waals surface area contributed by atoms with Crippen LogP contribution in [0.15, 0.2) is 66.9 Å². The van der Waals surface area contributed by atoms with Crippen molar-refractivity contribution in [3.63, 3.8) is 0 Å². The van der Waals surface area contributed by atoms with E-state index < -0.39 is 5.97 Å². The highest BCUT2D eigenvalue weighted by atomic mass is 16.4. The zero-order chi connectivity index (χ0) is 22.3. The number of aromatic nitrogens is 5. The van der Waals surface area contributed by atoms with Crippen LogP contribution in [0.1, 0.15) is 35.0 Å². The lowest BCUT2D eigenvalue weighted by atomic mass is 9.98. The summed E-state index contributed by atoms with van der Waals surface area (Å²) < 4.78 is 0. The number of carbonyl (C=O) groups is 1. The Hall–Kier alpha value is -3.91. The lowest BCUT2D eigenvalue weighted by Crippen LogP contribution is -2.25. The Labute approximate surface area is 186 Å². The third-order valence-electron chi connectivity index (χ3n) is 5.23. The summed E-state index contributed by atoms with van der Waals surface area (Å²) in [6.45, 7) is 4.15. The zero-order valence-corrected chi connectivity index (χ0v) is 17.8. The van der Waals surface area contributed by atoms with Gasteiger partial charge in [-0.2, -0.15) is 0 Å². The Morgan fingerprint density at radius 2 is 1.78 bits per heavy atom. The van der Waals surface area contributed by atoms with E-state index in [1.165, 1.54) is 0 Å². The largest absolute Gasteiger partial charge is 0.478 e. The number of nitrogens with zero attached hydrogens (tertiary/aromatic N) is 5. The van der Waals surface area contributed by atoms with Gasteiger partial charge in [-0.3, -0.25) is 9.88 Å². The standard InChI is InChI=1S/C24H24N6O2/c1-2-14-30(16-22-21(24(31)32)8-5-13-25-22)15-17-9-11-18(12-10-17)19-6-3-4-7-20(19)23-26-28-29-27-23/h3-13H,2,14-16H2,1H3,(H,31,32)(H,26,27,28,29). The fourth-order valence-corrected chi connectivity index (χ4v) is 3.76. The number of benzene rings is 2. The SMILES string of the molecule is CCCN(Cc1ccc(-c2ccccc2-c2nnn[nH]2)cc1)Cc1ncccc1C(=O)O. The number of pyridine rings is 1. The minimum absolute atomic E-state index is 0.252. The molecule has 0 unspecified atom stereocenters. The molecule has 0 saturated heterocycles. The summed E-state index contributed by atoms with van der Waals surface area (Å²) in [6.07, 6.45) is 2.61. The van der Waals surface area contributed by atoms with Crippen LogP contribution in [0, 0.1) is 0 Å². The first kappa shape index (κ1) is 21.3. The van der Waals surface area contributed by atoms with Crippen LogP contribution in [0.25, 0.3) is 22.5 Å². The van der Waals surface area contributed by atoms with Gasteiger partial charge in [-0.25, -0.2) is 9.89 Å². The van der Waals surface area contributed by atoms with Crippen molar-refractivity contribution in [2.75, 3.05) is 6.54 Å². The van der Waals surface area contributed by atoms with E-state index in [1.807, 2.05) is 24.3 Å². The number of carboxylic acid groups (broad SMARTS) is 1. The van der Waals surface area contributed by atoms with Crippen LogP contribution in [-0.4, -0.2) is 48.1 Å². The molecule has 4 aromatic rings. The smallest absolute Gasteiger partial charge is 0.337 e. The first-order valence-corrected chi connectivity index (χ1v) is 10.5. The molecular formula is C24H24N6O2. The summed E-state index contributed by atoms with van der Waals surface area (Å²) in [5.74, 6) is -0.321. The second-order valence-corrected chi connectivity index (χ2v) is 7.51. The molecule has 0 bridgehead atoms. The second kappa shape index (κ2) is 9.93. The summed E-state index contributed by atoms with van der Waals surface area (Å²) in [6, 6.07) is 19.6. The third-order valence-corrected chi connectivity index (χ3v) is 5.23. The van der Waals surface area contributed by atoms with Crippen LogP contribution in [0.3, 0.4) is 0 Å². The molecule has 0 spiro atoms. The van der Waals surface area contributed by atoms with Crippen molar-refractivity contribution in [3.05, 3.63) is 83.7 Å². The van der Waals surface area contributed by atoms with Gasteiger partial charge in [0.1, 0.15) is 0 Å². The Morgan fingerprint density at radius 3 is 2.47 bits per heavy atom. The topological polar surface area (TPSA) is 108 Å². The maximum absolute atomic E-state index is 11.5. The van der Waals surface area contributed by atoms with Gasteiger partial charge in [-0.05, 0) is 52.2 Å². The van der Waals surface area contributed by atoms with E-state index >= 15 is 0 Å². The molecule has 0 aliphatic rings. The quantitative estimate of drug-likeness (QED) is 0.414. The first-order chi connectivity index (χ1) is 15.7. The summed E-state index contributed by atoms with van der Waals surface area (Å²) in [4.78, 5) is 18.1. The first-order valence-electron chi connectivity index (χ1n) is 10.5. The van der Waals surface area contributed by atoms with Crippen LogP contribution < -0.4 is 0 Å². The van der Waals surface area contributed by atoms with Crippen LogP contribution in [-0.2, 0) is 13.1 Å². The molecule has 0 radical (unpaired) electrons. The van der Waals surface area contributed by atoms with Gasteiger partial charge in [-0.15, -0.1) is 5.10 Å². The fraction of sp³-hybridized carbons (Fsp3) is 0.208. The predicted molar refractivity (Wildman–Crippen MR) is 121 cm³/mol. The Kier molecular flexibility index (Phi) is 6.62. The molecule has 8 heteroatoms. The average molecular weight is 428 g/mol. The number of tetrazole rings is 1. The Bertz CT molecular complexity index is 1180. The van der Waals surface area contributed by atoms with Gasteiger partial charge in [0, 0.05) is 24.8 Å². The van der Waals surface area contributed by atoms with Crippen molar-refractivity contribution in [2.45, 2.75) is 26.4 Å². The summed E-state index contributed by atoms with van der Waals surface area (Å²) in [5.41, 5.74) is 5.04. The van der Waals surface area contributed by atoms with Gasteiger partial charge >= 0.3 is 5.97 Å². The molecule has 8 nitrogen and oxygen atoms in total. The molecule has 2 aromatic heterocycles. The van der Waals surface area contributed by atoms with Crippen molar-refractivity contribution in [1.82, 2.24) is 30.5 Å². The van der Waals surface area contributed by atoms with Crippen LogP contribution >= 0.6 is 0 Å². The van der Waals surface area contributed by atoms with Crippen molar-refractivity contribution < 1.29 is 9.90 Å². The van der Waals surface area contributed by atoms with Crippen LogP contribution in [0.2, 0.25) is 0 Å². The summed E-state index contributed by atoms with van der Waals surface area (Å²) >= 11 is 0. The van der Waals surface area contributed by atoms with Crippen molar-refractivity contribution in [3.8, 4) is 22.5 Å². The van der Waals surface area contributed by atoms with Gasteiger partial charge in [0.25, 0.3) is 0 Å². The average Bonchev–Trinajstić information content (AvgIpc) is 3.35. The second-order valence-electron chi connectivity index (χ2n) is 7.51. The van der Waals surface area contributed by atoms with E-state index in [0.29, 0.717) is 24.6 Å². The van der Waals surface area contributed by atoms with Crippen LogP contribution in [0.5, 0.6) is 0 Å². The zero-order valence-electron chi connectivity index (χ0n) is 17.8. The molecule has 0 saturated carbocycles. The number of hydrogen-bond donors (Lipinski definition) is 2. The molecule has 2 heterocycles. The Morgan fingerprint density at radius 1 is 1.00 bits per heavy atom. The summed E-state index contributed by atoms with van der Waals surface area (Å²) in [7, 11) is 0. The predicted octanol–water partition coefficient (Wildman–Crippen LogP) is 4.04. The number of nitrogens with one attached hydrogen (secondary N) is 1. The van der Waals surface area contributed by atoms with E-state index in [4.69, 9.17) is 0 Å². The van der Waals surface area contributed by atoms with E-state index in [2.05, 4.69) is 61.7 Å². The molecule has 0 fully saturated rings. The summed E-state index contributed by atoms with van der Waals surface area (Å²) in [5, 5.41) is 23.7. The number of aromatic carboxylic acids is 1. The van der Waals surface area contributed by atoms with Crippen molar-refractivity contribution in [2.24, 2.45) is 0 Å². The van der Waals surface area contributed by atoms with E-state index in [9.17, 15) is 9.90 Å². The Balaban J connectivity index is 1.54. The van der Waals surface area contributed by atoms with Gasteiger partial charge in [0.05, 0.1) is 11.3 Å². The molecular weight excluding hydrogens is 404 g/mol. The number of hydrogen-bond acceptors (Lipinski definition) is 6. The number of carboxylic acids is 1. The number of rotatable bonds is 9. The van der Waals surface area contributed by atoms with Gasteiger partial charge in [-0.1, -0.05) is 55.5 Å². The molecule has 0 aliphatic heterocycles. The molecule has 162 valence electrons. The normalized spacial score (nSPS) is 11.1. The number of H-pyrrole nitrogens is 1. The highest BCUT2D eigenvalue weighted by molar-refractivity contribution is 5.88. The molecule has 2 N–H and O–H groups in total. The maximum atomic E-state index is 11.5. The van der Waals surface area contributed by atoms with Gasteiger partial charge in [0.2, 0.25) is 0 Å². The van der Waals surface area contributed by atoms with Crippen LogP contribution in [0.4, 0.5) is 0 Å². The van der Waals surface area contributed by atoms with Gasteiger partial charge in [0.15, 0.2) is 5.82 Å². The van der Waals surface area contributed by atoms with Crippen molar-refractivity contribution in [1.29, 1.82) is 0 Å². The van der Waals surface area contributed by atoms with E-state index in [-0.39, 0.29) is 5.56 Å². The minimum atomic E-state index is -0.950. The highest BCUT2D eigenvalue weighted by Crippen LogP contribution is 2.30. The van der Waals surface area contributed by atoms with E-state index in [0.717, 1.165) is 35.2 Å². The molecule has 2 aromatic carbocycles. The molecule has 4 rings (SSSR count). The maximum Gasteiger partial charge on any atom is 0.337 e. The van der Waals surface area contributed by atoms with E-state index in [1.54, 1.807) is 18.3 Å². The minimum Gasteiger partial charge on any atom is -0.478 e. The lowest BCUT2D eigenvalue weighted by Gasteiger charge is -2.22. The molecule has 32 heavy (non-hydrogen) atoms. The molecule has 0 aliphatic carbocycles. The monoisotopic (exact) mass is 428 g/mol.